The van der Waals surface area contributed by atoms with Gasteiger partial charge in [0.05, 0.1) is 5.39 Å². The van der Waals surface area contributed by atoms with Crippen LogP contribution >= 0.6 is 0 Å². The van der Waals surface area contributed by atoms with Crippen molar-refractivity contribution in [2.45, 2.75) is 6.92 Å². The Labute approximate surface area is 101 Å². The predicted molar refractivity (Wildman–Crippen MR) is 65.3 cm³/mol. The second kappa shape index (κ2) is 4.33. The summed E-state index contributed by atoms with van der Waals surface area (Å²) < 4.78 is 0. The zero-order valence-corrected chi connectivity index (χ0v) is 9.47. The fourth-order valence-corrected chi connectivity index (χ4v) is 1.50. The van der Waals surface area contributed by atoms with Gasteiger partial charge in [-0.3, -0.25) is 4.79 Å². The molecule has 0 atom stereocenters. The van der Waals surface area contributed by atoms with Crippen molar-refractivity contribution < 1.29 is 15.0 Å². The molecule has 3 N–H and O–H groups in total. The Morgan fingerprint density at radius 1 is 1.44 bits per heavy atom. The van der Waals surface area contributed by atoms with Crippen molar-refractivity contribution in [3.05, 3.63) is 40.0 Å². The fourth-order valence-electron chi connectivity index (χ4n) is 1.50. The average molecular weight is 246 g/mol. The quantitative estimate of drug-likeness (QED) is 0.689. The molecule has 0 radical (unpaired) electrons. The molecular weight excluding hydrogens is 236 g/mol. The molecule has 92 valence electrons. The number of aromatic nitrogens is 2. The smallest absolute Gasteiger partial charge is 0.331 e. The Bertz CT molecular complexity index is 716. The molecule has 0 spiro atoms. The van der Waals surface area contributed by atoms with Gasteiger partial charge in [0.25, 0.3) is 5.56 Å². The van der Waals surface area contributed by atoms with Gasteiger partial charge in [-0.25, -0.2) is 9.78 Å². The molecule has 0 bridgehead atoms. The highest BCUT2D eigenvalue weighted by molar-refractivity contribution is 5.91. The minimum atomic E-state index is -1.10. The van der Waals surface area contributed by atoms with Crippen LogP contribution in [0.15, 0.2) is 28.6 Å². The number of phenols is 1. The summed E-state index contributed by atoms with van der Waals surface area (Å²) in [5.41, 5.74) is -0.251. The van der Waals surface area contributed by atoms with Crippen LogP contribution in [-0.4, -0.2) is 26.2 Å². The number of carboxylic acid groups (broad SMARTS) is 1. The number of nitrogens with one attached hydrogen (secondary N) is 1. The van der Waals surface area contributed by atoms with Crippen LogP contribution in [0, 0.1) is 0 Å². The molecule has 6 heteroatoms. The first kappa shape index (κ1) is 11.8. The number of carbonyl (C=O) groups is 1. The normalized spacial score (nSPS) is 11.7. The monoisotopic (exact) mass is 246 g/mol. The van der Waals surface area contributed by atoms with Crippen molar-refractivity contribution in [3.63, 3.8) is 0 Å². The van der Waals surface area contributed by atoms with Gasteiger partial charge in [0.15, 0.2) is 0 Å². The number of phenolic OH excluding ortho intramolecular Hbond substituents is 1. The molecule has 0 saturated heterocycles. The Hall–Kier alpha value is -2.63. The number of hydrogen-bond donors (Lipinski definition) is 3. The SMILES string of the molecule is C/C(=C\c1nc2c(O)cccc2c(=O)[nH]1)C(=O)O. The van der Waals surface area contributed by atoms with E-state index in [1.807, 2.05) is 0 Å². The molecular formula is C12H10N2O4. The molecule has 0 unspecified atom stereocenters. The number of rotatable bonds is 2. The molecule has 1 aromatic carbocycles. The number of aliphatic carboxylic acids is 1. The molecule has 18 heavy (non-hydrogen) atoms. The van der Waals surface area contributed by atoms with E-state index >= 15 is 0 Å². The molecule has 2 aromatic rings. The van der Waals surface area contributed by atoms with Crippen LogP contribution in [0.4, 0.5) is 0 Å². The Morgan fingerprint density at radius 2 is 2.17 bits per heavy atom. The molecule has 0 aliphatic carbocycles. The lowest BCUT2D eigenvalue weighted by Crippen LogP contribution is -2.10. The summed E-state index contributed by atoms with van der Waals surface area (Å²) in [6.07, 6.45) is 1.23. The molecule has 0 amide bonds. The summed E-state index contributed by atoms with van der Waals surface area (Å²) in [6.45, 7) is 1.39. The van der Waals surface area contributed by atoms with Gasteiger partial charge >= 0.3 is 5.97 Å². The van der Waals surface area contributed by atoms with Crippen molar-refractivity contribution in [2.75, 3.05) is 0 Å². The minimum Gasteiger partial charge on any atom is -0.506 e. The van der Waals surface area contributed by atoms with E-state index in [0.29, 0.717) is 0 Å². The lowest BCUT2D eigenvalue weighted by atomic mass is 10.2. The summed E-state index contributed by atoms with van der Waals surface area (Å²) in [5.74, 6) is -1.13. The number of aromatic amines is 1. The van der Waals surface area contributed by atoms with Crippen molar-refractivity contribution in [3.8, 4) is 5.75 Å². The van der Waals surface area contributed by atoms with E-state index in [1.54, 1.807) is 0 Å². The second-order valence-electron chi connectivity index (χ2n) is 3.76. The van der Waals surface area contributed by atoms with Gasteiger partial charge in [-0.15, -0.1) is 0 Å². The molecule has 0 aliphatic heterocycles. The highest BCUT2D eigenvalue weighted by Gasteiger charge is 2.07. The molecule has 0 saturated carbocycles. The highest BCUT2D eigenvalue weighted by Crippen LogP contribution is 2.19. The van der Waals surface area contributed by atoms with Crippen LogP contribution in [-0.2, 0) is 4.79 Å². The number of nitrogens with zero attached hydrogens (tertiary/aromatic N) is 1. The first-order chi connectivity index (χ1) is 8.49. The Balaban J connectivity index is 2.70. The van der Waals surface area contributed by atoms with Crippen molar-refractivity contribution >= 4 is 22.9 Å². The maximum Gasteiger partial charge on any atom is 0.331 e. The van der Waals surface area contributed by atoms with Crippen LogP contribution in [0.1, 0.15) is 12.7 Å². The molecule has 0 aliphatic rings. The number of hydrogen-bond acceptors (Lipinski definition) is 4. The van der Waals surface area contributed by atoms with Gasteiger partial charge in [-0.1, -0.05) is 6.07 Å². The van der Waals surface area contributed by atoms with Crippen molar-refractivity contribution in [1.82, 2.24) is 9.97 Å². The maximum atomic E-state index is 11.7. The Morgan fingerprint density at radius 3 is 2.83 bits per heavy atom. The lowest BCUT2D eigenvalue weighted by molar-refractivity contribution is -0.132. The average Bonchev–Trinajstić information content (AvgIpc) is 2.30. The van der Waals surface area contributed by atoms with Gasteiger partial charge in [0, 0.05) is 5.57 Å². The lowest BCUT2D eigenvalue weighted by Gasteiger charge is -2.01. The molecule has 1 aromatic heterocycles. The van der Waals surface area contributed by atoms with Gasteiger partial charge in [0.1, 0.15) is 17.1 Å². The van der Waals surface area contributed by atoms with Gasteiger partial charge < -0.3 is 15.2 Å². The predicted octanol–water partition coefficient (Wildman–Crippen LogP) is 1.12. The summed E-state index contributed by atoms with van der Waals surface area (Å²) >= 11 is 0. The van der Waals surface area contributed by atoms with Crippen LogP contribution in [0.25, 0.3) is 17.0 Å². The topological polar surface area (TPSA) is 103 Å². The van der Waals surface area contributed by atoms with E-state index in [0.717, 1.165) is 0 Å². The summed E-state index contributed by atoms with van der Waals surface area (Å²) in [7, 11) is 0. The molecule has 0 fully saturated rings. The number of carboxylic acids is 1. The largest absolute Gasteiger partial charge is 0.506 e. The first-order valence-electron chi connectivity index (χ1n) is 5.12. The molecule has 6 nitrogen and oxygen atoms in total. The van der Waals surface area contributed by atoms with Gasteiger partial charge in [-0.2, -0.15) is 0 Å². The number of fused-ring (bicyclic) bond motifs is 1. The summed E-state index contributed by atoms with van der Waals surface area (Å²) in [5, 5.41) is 18.6. The molecule has 1 heterocycles. The van der Waals surface area contributed by atoms with E-state index in [1.165, 1.54) is 31.2 Å². The maximum absolute atomic E-state index is 11.7. The number of H-pyrrole nitrogens is 1. The van der Waals surface area contributed by atoms with Crippen molar-refractivity contribution in [2.24, 2.45) is 0 Å². The first-order valence-corrected chi connectivity index (χ1v) is 5.12. The summed E-state index contributed by atoms with van der Waals surface area (Å²) in [4.78, 5) is 28.9. The number of benzene rings is 1. The molecule has 2 rings (SSSR count). The fraction of sp³-hybridized carbons (Fsp3) is 0.0833. The Kier molecular flexibility index (Phi) is 2.85. The van der Waals surface area contributed by atoms with Crippen LogP contribution < -0.4 is 5.56 Å². The van der Waals surface area contributed by atoms with E-state index in [-0.39, 0.29) is 28.0 Å². The van der Waals surface area contributed by atoms with Gasteiger partial charge in [0.2, 0.25) is 0 Å². The van der Waals surface area contributed by atoms with Gasteiger partial charge in [-0.05, 0) is 25.1 Å². The second-order valence-corrected chi connectivity index (χ2v) is 3.76. The zero-order chi connectivity index (χ0) is 13.3. The highest BCUT2D eigenvalue weighted by atomic mass is 16.4. The van der Waals surface area contributed by atoms with E-state index in [9.17, 15) is 14.7 Å². The standard InChI is InChI=1S/C12H10N2O4/c1-6(12(17)18)5-9-13-10-7(11(16)14-9)3-2-4-8(10)15/h2-5,15H,1H3,(H,17,18)(H,13,14,16)/b6-5+. The number of para-hydroxylation sites is 1. The van der Waals surface area contributed by atoms with E-state index in [4.69, 9.17) is 5.11 Å². The third-order valence-electron chi connectivity index (χ3n) is 2.42. The van der Waals surface area contributed by atoms with E-state index in [2.05, 4.69) is 9.97 Å². The third-order valence-corrected chi connectivity index (χ3v) is 2.42. The summed E-state index contributed by atoms with van der Waals surface area (Å²) in [6, 6.07) is 4.47. The van der Waals surface area contributed by atoms with Crippen molar-refractivity contribution in [1.29, 1.82) is 0 Å². The van der Waals surface area contributed by atoms with E-state index < -0.39 is 11.5 Å². The number of aromatic hydroxyl groups is 1. The third kappa shape index (κ3) is 2.08. The zero-order valence-electron chi connectivity index (χ0n) is 9.47. The minimum absolute atomic E-state index is 0.0351. The van der Waals surface area contributed by atoms with Crippen LogP contribution in [0.3, 0.4) is 0 Å². The van der Waals surface area contributed by atoms with Crippen LogP contribution in [0.5, 0.6) is 5.75 Å². The van der Waals surface area contributed by atoms with Crippen LogP contribution in [0.2, 0.25) is 0 Å².